The first-order chi connectivity index (χ1) is 11.3. The molecule has 2 rings (SSSR count). The van der Waals surface area contributed by atoms with Gasteiger partial charge < -0.3 is 10.2 Å². The molecule has 0 bridgehead atoms. The van der Waals surface area contributed by atoms with Crippen molar-refractivity contribution in [3.05, 3.63) is 23.8 Å². The van der Waals surface area contributed by atoms with Crippen molar-refractivity contribution in [1.82, 2.24) is 10.0 Å². The maximum absolute atomic E-state index is 12.5. The molecule has 1 unspecified atom stereocenters. The molecule has 0 aliphatic carbocycles. The highest BCUT2D eigenvalue weighted by Crippen LogP contribution is 2.26. The molecule has 132 valence electrons. The maximum atomic E-state index is 12.5. The molecule has 24 heavy (non-hydrogen) atoms. The lowest BCUT2D eigenvalue weighted by Gasteiger charge is -2.19. The highest BCUT2D eigenvalue weighted by atomic mass is 32.2. The minimum absolute atomic E-state index is 0.0491. The fourth-order valence-electron chi connectivity index (χ4n) is 2.70. The molecule has 1 fully saturated rings. The Morgan fingerprint density at radius 3 is 2.62 bits per heavy atom. The normalized spacial score (nSPS) is 16.3. The van der Waals surface area contributed by atoms with Crippen LogP contribution in [0.4, 0.5) is 5.69 Å². The average molecular weight is 353 g/mol. The summed E-state index contributed by atoms with van der Waals surface area (Å²) in [6.45, 7) is 6.02. The fraction of sp³-hybridized carbons (Fsp3) is 0.500. The minimum atomic E-state index is -3.82. The number of rotatable bonds is 6. The highest BCUT2D eigenvalue weighted by Gasteiger charge is 2.25. The second-order valence-corrected chi connectivity index (χ2v) is 7.52. The smallest absolute Gasteiger partial charge is 0.241 e. The number of aryl methyl sites for hydroxylation is 1. The van der Waals surface area contributed by atoms with Gasteiger partial charge >= 0.3 is 0 Å². The standard InChI is InChI=1S/C16H23N3O4S/c1-4-17-16(21)12(3)18-24(22,23)14-8-7-13(10-11(14)2)19-9-5-6-15(19)20/h7-8,10,12,18H,4-6,9H2,1-3H3,(H,17,21). The van der Waals surface area contributed by atoms with E-state index < -0.39 is 16.1 Å². The summed E-state index contributed by atoms with van der Waals surface area (Å²) in [6, 6.07) is 3.92. The van der Waals surface area contributed by atoms with Crippen LogP contribution in [0.2, 0.25) is 0 Å². The van der Waals surface area contributed by atoms with E-state index in [-0.39, 0.29) is 16.7 Å². The summed E-state index contributed by atoms with van der Waals surface area (Å²) < 4.78 is 27.4. The minimum Gasteiger partial charge on any atom is -0.355 e. The van der Waals surface area contributed by atoms with Crippen LogP contribution >= 0.6 is 0 Å². The Balaban J connectivity index is 2.21. The molecule has 0 radical (unpaired) electrons. The summed E-state index contributed by atoms with van der Waals surface area (Å²) in [6.07, 6.45) is 1.33. The number of benzene rings is 1. The van der Waals surface area contributed by atoms with E-state index in [1.54, 1.807) is 30.9 Å². The second-order valence-electron chi connectivity index (χ2n) is 5.84. The predicted octanol–water partition coefficient (Wildman–Crippen LogP) is 0.925. The van der Waals surface area contributed by atoms with Crippen LogP contribution in [-0.4, -0.2) is 39.4 Å². The zero-order valence-electron chi connectivity index (χ0n) is 14.1. The third kappa shape index (κ3) is 3.93. The van der Waals surface area contributed by atoms with Crippen LogP contribution in [0, 0.1) is 6.92 Å². The van der Waals surface area contributed by atoms with Gasteiger partial charge in [-0.05, 0) is 51.0 Å². The first kappa shape index (κ1) is 18.4. The van der Waals surface area contributed by atoms with E-state index in [0.29, 0.717) is 30.8 Å². The summed E-state index contributed by atoms with van der Waals surface area (Å²) in [4.78, 5) is 25.3. The van der Waals surface area contributed by atoms with Crippen LogP contribution in [0.1, 0.15) is 32.3 Å². The number of nitrogens with zero attached hydrogens (tertiary/aromatic N) is 1. The van der Waals surface area contributed by atoms with Gasteiger partial charge in [0.15, 0.2) is 0 Å². The monoisotopic (exact) mass is 353 g/mol. The highest BCUT2D eigenvalue weighted by molar-refractivity contribution is 7.89. The van der Waals surface area contributed by atoms with Gasteiger partial charge in [-0.2, -0.15) is 4.72 Å². The number of sulfonamides is 1. The van der Waals surface area contributed by atoms with Gasteiger partial charge in [-0.1, -0.05) is 0 Å². The summed E-state index contributed by atoms with van der Waals surface area (Å²) in [5, 5.41) is 2.57. The number of hydrogen-bond acceptors (Lipinski definition) is 4. The molecule has 1 aromatic carbocycles. The third-order valence-electron chi connectivity index (χ3n) is 3.91. The van der Waals surface area contributed by atoms with Crippen molar-refractivity contribution >= 4 is 27.5 Å². The Hall–Kier alpha value is -1.93. The molecular formula is C16H23N3O4S. The lowest BCUT2D eigenvalue weighted by Crippen LogP contribution is -2.44. The van der Waals surface area contributed by atoms with E-state index in [1.807, 2.05) is 0 Å². The third-order valence-corrected chi connectivity index (χ3v) is 5.61. The van der Waals surface area contributed by atoms with Gasteiger partial charge in [-0.3, -0.25) is 9.59 Å². The summed E-state index contributed by atoms with van der Waals surface area (Å²) in [5.74, 6) is -0.328. The van der Waals surface area contributed by atoms with Crippen LogP contribution in [0.25, 0.3) is 0 Å². The average Bonchev–Trinajstić information content (AvgIpc) is 2.92. The maximum Gasteiger partial charge on any atom is 0.241 e. The number of anilines is 1. The number of carbonyl (C=O) groups is 2. The van der Waals surface area contributed by atoms with Crippen LogP contribution in [0.5, 0.6) is 0 Å². The Kier molecular flexibility index (Phi) is 5.61. The van der Waals surface area contributed by atoms with Crippen molar-refractivity contribution in [2.45, 2.75) is 44.6 Å². The lowest BCUT2D eigenvalue weighted by atomic mass is 10.2. The van der Waals surface area contributed by atoms with Crippen molar-refractivity contribution in [1.29, 1.82) is 0 Å². The molecule has 0 saturated carbocycles. The van der Waals surface area contributed by atoms with E-state index >= 15 is 0 Å². The molecular weight excluding hydrogens is 330 g/mol. The molecule has 1 aliphatic rings. The van der Waals surface area contributed by atoms with Gasteiger partial charge in [0.05, 0.1) is 10.9 Å². The topological polar surface area (TPSA) is 95.6 Å². The van der Waals surface area contributed by atoms with Crippen molar-refractivity contribution < 1.29 is 18.0 Å². The summed E-state index contributed by atoms with van der Waals surface area (Å²) >= 11 is 0. The number of nitrogens with one attached hydrogen (secondary N) is 2. The molecule has 0 spiro atoms. The van der Waals surface area contributed by atoms with Gasteiger partial charge in [0, 0.05) is 25.2 Å². The molecule has 1 saturated heterocycles. The molecule has 2 amide bonds. The first-order valence-corrected chi connectivity index (χ1v) is 9.45. The van der Waals surface area contributed by atoms with Crippen LogP contribution in [0.15, 0.2) is 23.1 Å². The number of hydrogen-bond donors (Lipinski definition) is 2. The van der Waals surface area contributed by atoms with E-state index in [9.17, 15) is 18.0 Å². The van der Waals surface area contributed by atoms with E-state index in [0.717, 1.165) is 6.42 Å². The molecule has 1 aromatic rings. The van der Waals surface area contributed by atoms with Crippen LogP contribution < -0.4 is 14.9 Å². The predicted molar refractivity (Wildman–Crippen MR) is 91.2 cm³/mol. The zero-order valence-corrected chi connectivity index (χ0v) is 14.9. The number of amides is 2. The van der Waals surface area contributed by atoms with Gasteiger partial charge in [-0.15, -0.1) is 0 Å². The molecule has 1 heterocycles. The van der Waals surface area contributed by atoms with Crippen molar-refractivity contribution in [3.63, 3.8) is 0 Å². The fourth-order valence-corrected chi connectivity index (χ4v) is 4.13. The molecule has 2 N–H and O–H groups in total. The van der Waals surface area contributed by atoms with Gasteiger partial charge in [0.25, 0.3) is 0 Å². The van der Waals surface area contributed by atoms with Gasteiger partial charge in [-0.25, -0.2) is 8.42 Å². The van der Waals surface area contributed by atoms with Crippen molar-refractivity contribution in [2.24, 2.45) is 0 Å². The quantitative estimate of drug-likeness (QED) is 0.795. The Morgan fingerprint density at radius 2 is 2.08 bits per heavy atom. The number of carbonyl (C=O) groups excluding carboxylic acids is 2. The molecule has 1 atom stereocenters. The van der Waals surface area contributed by atoms with Gasteiger partial charge in [0.1, 0.15) is 0 Å². The second kappa shape index (κ2) is 7.31. The Labute approximate surface area is 142 Å². The lowest BCUT2D eigenvalue weighted by molar-refractivity contribution is -0.122. The van der Waals surface area contributed by atoms with Gasteiger partial charge in [0.2, 0.25) is 21.8 Å². The van der Waals surface area contributed by atoms with E-state index in [2.05, 4.69) is 10.0 Å². The van der Waals surface area contributed by atoms with Crippen LogP contribution in [0.3, 0.4) is 0 Å². The largest absolute Gasteiger partial charge is 0.355 e. The molecule has 8 heteroatoms. The number of likely N-dealkylation sites (N-methyl/N-ethyl adjacent to an activating group) is 1. The first-order valence-electron chi connectivity index (χ1n) is 7.97. The molecule has 1 aliphatic heterocycles. The summed E-state index contributed by atoms with van der Waals surface area (Å²) in [5.41, 5.74) is 1.23. The van der Waals surface area contributed by atoms with Crippen LogP contribution in [-0.2, 0) is 19.6 Å². The molecule has 7 nitrogen and oxygen atoms in total. The zero-order chi connectivity index (χ0) is 17.9. The summed E-state index contributed by atoms with van der Waals surface area (Å²) in [7, 11) is -3.82. The SMILES string of the molecule is CCNC(=O)C(C)NS(=O)(=O)c1ccc(N2CCCC2=O)cc1C. The Bertz CT molecular complexity index is 746. The molecule has 0 aromatic heterocycles. The van der Waals surface area contributed by atoms with E-state index in [4.69, 9.17) is 0 Å². The Morgan fingerprint density at radius 1 is 1.38 bits per heavy atom. The van der Waals surface area contributed by atoms with E-state index in [1.165, 1.54) is 13.0 Å². The van der Waals surface area contributed by atoms with Crippen molar-refractivity contribution in [3.8, 4) is 0 Å². The van der Waals surface area contributed by atoms with Crippen molar-refractivity contribution in [2.75, 3.05) is 18.0 Å².